The van der Waals surface area contributed by atoms with Crippen molar-refractivity contribution in [3.05, 3.63) is 65.7 Å². The lowest BCUT2D eigenvalue weighted by Crippen LogP contribution is -2.43. The second-order valence-electron chi connectivity index (χ2n) is 5.08. The van der Waals surface area contributed by atoms with E-state index < -0.39 is 18.1 Å². The zero-order valence-corrected chi connectivity index (χ0v) is 13.0. The Morgan fingerprint density at radius 1 is 1.17 bits per heavy atom. The van der Waals surface area contributed by atoms with Gasteiger partial charge in [-0.1, -0.05) is 30.3 Å². The quantitative estimate of drug-likeness (QED) is 0.912. The normalized spacial score (nSPS) is 11.2. The van der Waals surface area contributed by atoms with Crippen molar-refractivity contribution in [3.63, 3.8) is 0 Å². The van der Waals surface area contributed by atoms with Crippen molar-refractivity contribution in [2.75, 3.05) is 4.90 Å². The number of carboxylic acid groups (broad SMARTS) is 1. The smallest absolute Gasteiger partial charge is 0.415 e. The number of aliphatic carboxylic acids is 1. The van der Waals surface area contributed by atoms with Gasteiger partial charge < -0.3 is 9.84 Å². The standard InChI is InChI=1S/C18H16N2O4/c1-13(17(21)22)20(16-9-7-14(11-19)8-10-16)18(23)24-12-15-5-3-2-4-6-15/h2-10,13H,12H2,1H3,(H,21,22). The average molecular weight is 324 g/mol. The van der Waals surface area contributed by atoms with Crippen LogP contribution in [0.1, 0.15) is 18.1 Å². The van der Waals surface area contributed by atoms with Gasteiger partial charge in [0.05, 0.1) is 11.6 Å². The topological polar surface area (TPSA) is 90.6 Å². The molecule has 0 saturated carbocycles. The van der Waals surface area contributed by atoms with Gasteiger partial charge in [-0.15, -0.1) is 0 Å². The molecule has 1 amide bonds. The number of carboxylic acids is 1. The minimum Gasteiger partial charge on any atom is -0.480 e. The number of hydrogen-bond acceptors (Lipinski definition) is 4. The largest absolute Gasteiger partial charge is 0.480 e. The molecule has 0 saturated heterocycles. The van der Waals surface area contributed by atoms with Crippen LogP contribution in [0.2, 0.25) is 0 Å². The van der Waals surface area contributed by atoms with E-state index in [9.17, 15) is 14.7 Å². The highest BCUT2D eigenvalue weighted by Crippen LogP contribution is 2.20. The fraction of sp³-hybridized carbons (Fsp3) is 0.167. The molecule has 1 N–H and O–H groups in total. The molecule has 2 aromatic rings. The van der Waals surface area contributed by atoms with E-state index in [1.165, 1.54) is 31.2 Å². The Bertz CT molecular complexity index is 751. The van der Waals surface area contributed by atoms with E-state index in [1.54, 1.807) is 12.1 Å². The van der Waals surface area contributed by atoms with Crippen molar-refractivity contribution < 1.29 is 19.4 Å². The van der Waals surface area contributed by atoms with Crippen LogP contribution in [0.3, 0.4) is 0 Å². The first-order valence-corrected chi connectivity index (χ1v) is 7.26. The summed E-state index contributed by atoms with van der Waals surface area (Å²) >= 11 is 0. The van der Waals surface area contributed by atoms with Crippen LogP contribution in [0.25, 0.3) is 0 Å². The lowest BCUT2D eigenvalue weighted by molar-refractivity contribution is -0.138. The summed E-state index contributed by atoms with van der Waals surface area (Å²) in [6.45, 7) is 1.43. The SMILES string of the molecule is CC(C(=O)O)N(C(=O)OCc1ccccc1)c1ccc(C#N)cc1. The third-order valence-corrected chi connectivity index (χ3v) is 3.42. The van der Waals surface area contributed by atoms with Gasteiger partial charge in [-0.3, -0.25) is 4.90 Å². The molecule has 6 heteroatoms. The van der Waals surface area contributed by atoms with E-state index in [-0.39, 0.29) is 6.61 Å². The van der Waals surface area contributed by atoms with Gasteiger partial charge in [-0.25, -0.2) is 9.59 Å². The van der Waals surface area contributed by atoms with E-state index in [0.29, 0.717) is 11.3 Å². The van der Waals surface area contributed by atoms with Gasteiger partial charge in [0, 0.05) is 5.69 Å². The Morgan fingerprint density at radius 3 is 2.33 bits per heavy atom. The molecule has 0 spiro atoms. The molecule has 24 heavy (non-hydrogen) atoms. The maximum Gasteiger partial charge on any atom is 0.415 e. The molecule has 0 aliphatic heterocycles. The predicted octanol–water partition coefficient (Wildman–Crippen LogP) is 3.17. The Kier molecular flexibility index (Phi) is 5.53. The van der Waals surface area contributed by atoms with Crippen LogP contribution >= 0.6 is 0 Å². The third-order valence-electron chi connectivity index (χ3n) is 3.42. The van der Waals surface area contributed by atoms with E-state index in [4.69, 9.17) is 10.00 Å². The van der Waals surface area contributed by atoms with Gasteiger partial charge in [0.25, 0.3) is 0 Å². The predicted molar refractivity (Wildman–Crippen MR) is 87.4 cm³/mol. The van der Waals surface area contributed by atoms with Crippen molar-refractivity contribution in [2.24, 2.45) is 0 Å². The van der Waals surface area contributed by atoms with Crippen LogP contribution < -0.4 is 4.90 Å². The molecule has 6 nitrogen and oxygen atoms in total. The van der Waals surface area contributed by atoms with Gasteiger partial charge in [-0.2, -0.15) is 5.26 Å². The summed E-state index contributed by atoms with van der Waals surface area (Å²) in [4.78, 5) is 24.8. The van der Waals surface area contributed by atoms with Gasteiger partial charge >= 0.3 is 12.1 Å². The van der Waals surface area contributed by atoms with Crippen LogP contribution in [0.5, 0.6) is 0 Å². The number of nitrogens with zero attached hydrogens (tertiary/aromatic N) is 2. The van der Waals surface area contributed by atoms with Crippen molar-refractivity contribution >= 4 is 17.7 Å². The maximum atomic E-state index is 12.4. The number of ether oxygens (including phenoxy) is 1. The molecule has 122 valence electrons. The molecule has 1 unspecified atom stereocenters. The van der Waals surface area contributed by atoms with Crippen LogP contribution in [0.4, 0.5) is 10.5 Å². The molecule has 0 heterocycles. The fourth-order valence-electron chi connectivity index (χ4n) is 2.08. The van der Waals surface area contributed by atoms with Crippen LogP contribution in [0.15, 0.2) is 54.6 Å². The zero-order chi connectivity index (χ0) is 17.5. The third kappa shape index (κ3) is 4.11. The van der Waals surface area contributed by atoms with Crippen LogP contribution in [-0.2, 0) is 16.1 Å². The number of carbonyl (C=O) groups excluding carboxylic acids is 1. The van der Waals surface area contributed by atoms with E-state index >= 15 is 0 Å². The molecule has 2 aromatic carbocycles. The Hall–Kier alpha value is -3.33. The lowest BCUT2D eigenvalue weighted by atomic mass is 10.2. The highest BCUT2D eigenvalue weighted by Gasteiger charge is 2.28. The second-order valence-corrected chi connectivity index (χ2v) is 5.08. The molecular formula is C18H16N2O4. The lowest BCUT2D eigenvalue weighted by Gasteiger charge is -2.25. The van der Waals surface area contributed by atoms with Crippen molar-refractivity contribution in [1.82, 2.24) is 0 Å². The van der Waals surface area contributed by atoms with Gasteiger partial charge in [0.2, 0.25) is 0 Å². The minimum atomic E-state index is -1.16. The maximum absolute atomic E-state index is 12.4. The molecule has 2 rings (SSSR count). The number of carbonyl (C=O) groups is 2. The van der Waals surface area contributed by atoms with Crippen molar-refractivity contribution in [3.8, 4) is 6.07 Å². The first kappa shape index (κ1) is 17.0. The van der Waals surface area contributed by atoms with E-state index in [2.05, 4.69) is 0 Å². The van der Waals surface area contributed by atoms with Gasteiger partial charge in [0.1, 0.15) is 12.6 Å². The van der Waals surface area contributed by atoms with Gasteiger partial charge in [-0.05, 0) is 36.8 Å². The number of nitriles is 1. The Labute approximate surface area is 139 Å². The summed E-state index contributed by atoms with van der Waals surface area (Å²) < 4.78 is 5.23. The Morgan fingerprint density at radius 2 is 1.79 bits per heavy atom. The summed E-state index contributed by atoms with van der Waals surface area (Å²) in [6.07, 6.45) is -0.765. The molecule has 0 bridgehead atoms. The van der Waals surface area contributed by atoms with Crippen LogP contribution in [-0.4, -0.2) is 23.2 Å². The number of anilines is 1. The summed E-state index contributed by atoms with van der Waals surface area (Å²) in [5.41, 5.74) is 1.56. The summed E-state index contributed by atoms with van der Waals surface area (Å²) in [6, 6.07) is 16.0. The number of rotatable bonds is 5. The van der Waals surface area contributed by atoms with Gasteiger partial charge in [0.15, 0.2) is 0 Å². The highest BCUT2D eigenvalue weighted by molar-refractivity contribution is 5.94. The summed E-state index contributed by atoms with van der Waals surface area (Å²) in [5, 5.41) is 18.1. The van der Waals surface area contributed by atoms with E-state index in [1.807, 2.05) is 24.3 Å². The zero-order valence-electron chi connectivity index (χ0n) is 13.0. The first-order chi connectivity index (χ1) is 11.5. The fourth-order valence-corrected chi connectivity index (χ4v) is 2.08. The van der Waals surface area contributed by atoms with Crippen molar-refractivity contribution in [2.45, 2.75) is 19.6 Å². The molecule has 0 fully saturated rings. The average Bonchev–Trinajstić information content (AvgIpc) is 2.61. The van der Waals surface area contributed by atoms with E-state index in [0.717, 1.165) is 10.5 Å². The molecule has 0 aliphatic carbocycles. The molecular weight excluding hydrogens is 308 g/mol. The van der Waals surface area contributed by atoms with Crippen LogP contribution in [0, 0.1) is 11.3 Å². The highest BCUT2D eigenvalue weighted by atomic mass is 16.6. The number of benzene rings is 2. The monoisotopic (exact) mass is 324 g/mol. The number of hydrogen-bond donors (Lipinski definition) is 1. The number of amides is 1. The molecule has 1 atom stereocenters. The Balaban J connectivity index is 2.20. The summed E-state index contributed by atoms with van der Waals surface area (Å²) in [5.74, 6) is -1.16. The molecule has 0 aliphatic rings. The minimum absolute atomic E-state index is 0.0405. The van der Waals surface area contributed by atoms with Crippen molar-refractivity contribution in [1.29, 1.82) is 5.26 Å². The first-order valence-electron chi connectivity index (χ1n) is 7.26. The molecule has 0 radical (unpaired) electrons. The second kappa shape index (κ2) is 7.79. The molecule has 0 aromatic heterocycles. The summed E-state index contributed by atoms with van der Waals surface area (Å²) in [7, 11) is 0.